The molecule has 0 unspecified atom stereocenters. The number of hydrogen-bond acceptors (Lipinski definition) is 5. The van der Waals surface area contributed by atoms with E-state index in [9.17, 15) is 14.4 Å². The summed E-state index contributed by atoms with van der Waals surface area (Å²) < 4.78 is 4.98. The lowest BCUT2D eigenvalue weighted by Gasteiger charge is -2.31. The van der Waals surface area contributed by atoms with Gasteiger partial charge in [0.05, 0.1) is 6.61 Å². The van der Waals surface area contributed by atoms with E-state index in [-0.39, 0.29) is 12.1 Å². The van der Waals surface area contributed by atoms with Gasteiger partial charge in [0.1, 0.15) is 0 Å². The number of likely N-dealkylation sites (N-methyl/N-ethyl adjacent to an activating group) is 1. The molecule has 8 nitrogen and oxygen atoms in total. The number of carbonyl (C=O) groups excluding carboxylic acids is 3. The van der Waals surface area contributed by atoms with E-state index in [4.69, 9.17) is 4.74 Å². The summed E-state index contributed by atoms with van der Waals surface area (Å²) in [5.74, 6) is -1.10. The van der Waals surface area contributed by atoms with E-state index in [2.05, 4.69) is 10.3 Å². The molecular formula is C19H28N4O4. The molecule has 1 N–H and O–H groups in total. The fraction of sp³-hybridized carbons (Fsp3) is 0.579. The summed E-state index contributed by atoms with van der Waals surface area (Å²) in [5, 5.41) is 2.80. The molecule has 2 rings (SSSR count). The third-order valence-corrected chi connectivity index (χ3v) is 4.64. The third-order valence-electron chi connectivity index (χ3n) is 4.64. The number of nitrogens with one attached hydrogen (secondary N) is 1. The van der Waals surface area contributed by atoms with Crippen LogP contribution in [0.15, 0.2) is 24.5 Å². The molecule has 1 aromatic rings. The van der Waals surface area contributed by atoms with Crippen LogP contribution in [0.25, 0.3) is 0 Å². The molecule has 0 spiro atoms. The van der Waals surface area contributed by atoms with Crippen LogP contribution in [0.3, 0.4) is 0 Å². The second kappa shape index (κ2) is 10.5. The molecule has 0 bridgehead atoms. The maximum Gasteiger partial charge on any atom is 0.409 e. The highest BCUT2D eigenvalue weighted by Crippen LogP contribution is 2.12. The van der Waals surface area contributed by atoms with Gasteiger partial charge in [-0.05, 0) is 50.8 Å². The minimum Gasteiger partial charge on any atom is -0.450 e. The lowest BCUT2D eigenvalue weighted by atomic mass is 10.1. The summed E-state index contributed by atoms with van der Waals surface area (Å²) in [5.41, 5.74) is 1.07. The highest BCUT2D eigenvalue weighted by atomic mass is 16.6. The Morgan fingerprint density at radius 3 is 2.48 bits per heavy atom. The van der Waals surface area contributed by atoms with Crippen molar-refractivity contribution in [3.05, 3.63) is 30.1 Å². The first kappa shape index (κ1) is 20.7. The molecule has 1 saturated heterocycles. The van der Waals surface area contributed by atoms with Gasteiger partial charge in [-0.3, -0.25) is 14.6 Å². The average molecular weight is 376 g/mol. The standard InChI is InChI=1S/C19H28N4O4/c1-3-22(12-7-15-5-10-20-11-6-15)18(25)17(24)21-16-8-13-23(14-9-16)19(26)27-4-2/h5-6,10-11,16H,3-4,7-9,12-14H2,1-2H3,(H,21,24). The predicted octanol–water partition coefficient (Wildman–Crippen LogP) is 1.21. The molecule has 0 aliphatic carbocycles. The number of rotatable bonds is 6. The summed E-state index contributed by atoms with van der Waals surface area (Å²) >= 11 is 0. The lowest BCUT2D eigenvalue weighted by Crippen LogP contribution is -2.51. The molecule has 3 amide bonds. The van der Waals surface area contributed by atoms with Crippen LogP contribution in [-0.2, 0) is 20.7 Å². The molecule has 1 fully saturated rings. The highest BCUT2D eigenvalue weighted by Gasteiger charge is 2.27. The zero-order valence-electron chi connectivity index (χ0n) is 16.0. The van der Waals surface area contributed by atoms with Crippen molar-refractivity contribution < 1.29 is 19.1 Å². The van der Waals surface area contributed by atoms with Crippen molar-refractivity contribution in [1.82, 2.24) is 20.1 Å². The molecule has 148 valence electrons. The molecule has 27 heavy (non-hydrogen) atoms. The monoisotopic (exact) mass is 376 g/mol. The van der Waals surface area contributed by atoms with E-state index in [1.54, 1.807) is 29.1 Å². The molecule has 8 heteroatoms. The Labute approximate surface area is 159 Å². The number of hydrogen-bond donors (Lipinski definition) is 1. The number of pyridine rings is 1. The van der Waals surface area contributed by atoms with Crippen LogP contribution in [0.2, 0.25) is 0 Å². The minimum absolute atomic E-state index is 0.106. The number of likely N-dealkylation sites (tertiary alicyclic amines) is 1. The fourth-order valence-electron chi connectivity index (χ4n) is 3.03. The van der Waals surface area contributed by atoms with Gasteiger partial charge in [0, 0.05) is 44.6 Å². The first-order chi connectivity index (χ1) is 13.0. The van der Waals surface area contributed by atoms with Gasteiger partial charge >= 0.3 is 17.9 Å². The number of piperidine rings is 1. The molecule has 0 atom stereocenters. The van der Waals surface area contributed by atoms with Crippen molar-refractivity contribution in [1.29, 1.82) is 0 Å². The molecule has 2 heterocycles. The van der Waals surface area contributed by atoms with Crippen molar-refractivity contribution in [2.45, 2.75) is 39.2 Å². The molecule has 0 aromatic carbocycles. The van der Waals surface area contributed by atoms with Gasteiger partial charge in [0.15, 0.2) is 0 Å². The van der Waals surface area contributed by atoms with Crippen molar-refractivity contribution in [2.75, 3.05) is 32.8 Å². The number of amides is 3. The smallest absolute Gasteiger partial charge is 0.409 e. The van der Waals surface area contributed by atoms with Gasteiger partial charge in [0.25, 0.3) is 0 Å². The van der Waals surface area contributed by atoms with E-state index in [1.807, 2.05) is 19.1 Å². The van der Waals surface area contributed by atoms with Crippen molar-refractivity contribution in [3.63, 3.8) is 0 Å². The lowest BCUT2D eigenvalue weighted by molar-refractivity contribution is -0.146. The maximum absolute atomic E-state index is 12.4. The molecule has 0 saturated carbocycles. The minimum atomic E-state index is -0.582. The Hall–Kier alpha value is -2.64. The molecule has 1 aliphatic heterocycles. The highest BCUT2D eigenvalue weighted by molar-refractivity contribution is 6.35. The van der Waals surface area contributed by atoms with Gasteiger partial charge in [-0.2, -0.15) is 0 Å². The number of ether oxygens (including phenoxy) is 1. The second-order valence-corrected chi connectivity index (χ2v) is 6.42. The van der Waals surface area contributed by atoms with Crippen molar-refractivity contribution in [2.24, 2.45) is 0 Å². The summed E-state index contributed by atoms with van der Waals surface area (Å²) in [6.45, 7) is 5.94. The number of aromatic nitrogens is 1. The van der Waals surface area contributed by atoms with E-state index in [0.29, 0.717) is 52.0 Å². The Morgan fingerprint density at radius 1 is 1.22 bits per heavy atom. The van der Waals surface area contributed by atoms with Crippen LogP contribution in [-0.4, -0.2) is 71.5 Å². The van der Waals surface area contributed by atoms with E-state index in [0.717, 1.165) is 5.56 Å². The largest absolute Gasteiger partial charge is 0.450 e. The summed E-state index contributed by atoms with van der Waals surface area (Å²) in [7, 11) is 0. The summed E-state index contributed by atoms with van der Waals surface area (Å²) in [6, 6.07) is 3.69. The molecule has 0 radical (unpaired) electrons. The summed E-state index contributed by atoms with van der Waals surface area (Å²) in [4.78, 5) is 43.6. The number of carbonyl (C=O) groups is 3. The van der Waals surface area contributed by atoms with Crippen molar-refractivity contribution >= 4 is 17.9 Å². The predicted molar refractivity (Wildman–Crippen MR) is 100.0 cm³/mol. The third kappa shape index (κ3) is 6.23. The van der Waals surface area contributed by atoms with Crippen LogP contribution in [0.5, 0.6) is 0 Å². The van der Waals surface area contributed by atoms with Crippen LogP contribution in [0.4, 0.5) is 4.79 Å². The Morgan fingerprint density at radius 2 is 1.89 bits per heavy atom. The first-order valence-corrected chi connectivity index (χ1v) is 9.45. The van der Waals surface area contributed by atoms with Gasteiger partial charge in [-0.15, -0.1) is 0 Å². The maximum atomic E-state index is 12.4. The van der Waals surface area contributed by atoms with Gasteiger partial charge in [-0.25, -0.2) is 4.79 Å². The van der Waals surface area contributed by atoms with E-state index in [1.165, 1.54) is 0 Å². The molecule has 1 aromatic heterocycles. The normalized spacial score (nSPS) is 14.5. The van der Waals surface area contributed by atoms with Gasteiger partial charge < -0.3 is 19.9 Å². The fourth-order valence-corrected chi connectivity index (χ4v) is 3.03. The van der Waals surface area contributed by atoms with Crippen molar-refractivity contribution in [3.8, 4) is 0 Å². The van der Waals surface area contributed by atoms with Crippen LogP contribution < -0.4 is 5.32 Å². The number of nitrogens with zero attached hydrogens (tertiary/aromatic N) is 3. The second-order valence-electron chi connectivity index (χ2n) is 6.42. The van der Waals surface area contributed by atoms with Gasteiger partial charge in [-0.1, -0.05) is 0 Å². The zero-order valence-corrected chi connectivity index (χ0v) is 16.0. The Balaban J connectivity index is 1.78. The zero-order chi connectivity index (χ0) is 19.6. The van der Waals surface area contributed by atoms with Crippen LogP contribution in [0, 0.1) is 0 Å². The summed E-state index contributed by atoms with van der Waals surface area (Å²) in [6.07, 6.45) is 4.99. The van der Waals surface area contributed by atoms with Crippen LogP contribution >= 0.6 is 0 Å². The Bertz CT molecular complexity index is 630. The molecular weight excluding hydrogens is 348 g/mol. The SMILES string of the molecule is CCOC(=O)N1CCC(NC(=O)C(=O)N(CC)CCc2ccncc2)CC1. The topological polar surface area (TPSA) is 91.8 Å². The molecule has 1 aliphatic rings. The van der Waals surface area contributed by atoms with Crippen LogP contribution in [0.1, 0.15) is 32.3 Å². The average Bonchev–Trinajstić information content (AvgIpc) is 2.69. The van der Waals surface area contributed by atoms with E-state index >= 15 is 0 Å². The first-order valence-electron chi connectivity index (χ1n) is 9.45. The Kier molecular flexibility index (Phi) is 8.03. The van der Waals surface area contributed by atoms with E-state index < -0.39 is 11.8 Å². The van der Waals surface area contributed by atoms with Gasteiger partial charge in [0.2, 0.25) is 0 Å². The quantitative estimate of drug-likeness (QED) is 0.754.